The van der Waals surface area contributed by atoms with Gasteiger partial charge in [0.2, 0.25) is 17.7 Å². The minimum Gasteiger partial charge on any atom is -0.480 e. The maximum absolute atomic E-state index is 12.8. The molecule has 1 saturated carbocycles. The Morgan fingerprint density at radius 3 is 2.56 bits per heavy atom. The summed E-state index contributed by atoms with van der Waals surface area (Å²) in [7, 11) is 1.55. The van der Waals surface area contributed by atoms with Crippen LogP contribution in [0.5, 0.6) is 11.8 Å². The molecule has 6 heteroatoms. The van der Waals surface area contributed by atoms with E-state index in [1.165, 1.54) is 12.8 Å². The lowest BCUT2D eigenvalue weighted by Crippen LogP contribution is -2.37. The van der Waals surface area contributed by atoms with Crippen LogP contribution in [0, 0.1) is 17.8 Å². The van der Waals surface area contributed by atoms with Crippen LogP contribution in [-0.4, -0.2) is 47.1 Å². The van der Waals surface area contributed by atoms with Gasteiger partial charge in [-0.25, -0.2) is 0 Å². The van der Waals surface area contributed by atoms with Gasteiger partial charge in [0.15, 0.2) is 0 Å². The highest BCUT2D eigenvalue weighted by atomic mass is 16.5. The van der Waals surface area contributed by atoms with Crippen molar-refractivity contribution in [2.75, 3.05) is 20.2 Å². The molecule has 1 aliphatic carbocycles. The number of methoxy groups -OCH3 is 1. The van der Waals surface area contributed by atoms with E-state index in [1.54, 1.807) is 19.5 Å². The molecule has 1 aromatic rings. The molecule has 0 bridgehead atoms. The number of aromatic nitrogens is 2. The zero-order valence-corrected chi connectivity index (χ0v) is 15.5. The summed E-state index contributed by atoms with van der Waals surface area (Å²) in [6, 6.07) is 0. The Morgan fingerprint density at radius 1 is 1.16 bits per heavy atom. The van der Waals surface area contributed by atoms with E-state index in [2.05, 4.69) is 23.8 Å². The van der Waals surface area contributed by atoms with Crippen LogP contribution in [0.3, 0.4) is 0 Å². The Bertz CT molecular complexity index is 585. The highest BCUT2D eigenvalue weighted by Gasteiger charge is 2.34. The van der Waals surface area contributed by atoms with Crippen molar-refractivity contribution < 1.29 is 14.3 Å². The van der Waals surface area contributed by atoms with Gasteiger partial charge in [-0.1, -0.05) is 13.8 Å². The molecular formula is C19H29N3O3. The number of carbonyl (C=O) groups is 1. The lowest BCUT2D eigenvalue weighted by molar-refractivity contribution is -0.136. The molecule has 2 aliphatic rings. The first kappa shape index (κ1) is 18.0. The summed E-state index contributed by atoms with van der Waals surface area (Å²) in [5.41, 5.74) is 0. The van der Waals surface area contributed by atoms with Gasteiger partial charge in [-0.05, 0) is 37.5 Å². The van der Waals surface area contributed by atoms with Crippen LogP contribution in [0.1, 0.15) is 46.0 Å². The largest absolute Gasteiger partial charge is 0.480 e. The first-order chi connectivity index (χ1) is 12.1. The van der Waals surface area contributed by atoms with Gasteiger partial charge >= 0.3 is 0 Å². The average molecular weight is 347 g/mol. The Morgan fingerprint density at radius 2 is 1.88 bits per heavy atom. The molecule has 0 aromatic carbocycles. The van der Waals surface area contributed by atoms with Crippen LogP contribution in [-0.2, 0) is 4.79 Å². The molecule has 0 radical (unpaired) electrons. The summed E-state index contributed by atoms with van der Waals surface area (Å²) in [5.74, 6) is 2.91. The molecule has 138 valence electrons. The van der Waals surface area contributed by atoms with E-state index < -0.39 is 0 Å². The van der Waals surface area contributed by atoms with Gasteiger partial charge in [0, 0.05) is 18.9 Å². The lowest BCUT2D eigenvalue weighted by Gasteiger charge is -2.32. The second-order valence-corrected chi connectivity index (χ2v) is 7.57. The fourth-order valence-electron chi connectivity index (χ4n) is 3.97. The molecule has 25 heavy (non-hydrogen) atoms. The second kappa shape index (κ2) is 8.02. The van der Waals surface area contributed by atoms with Crippen molar-refractivity contribution in [2.45, 2.75) is 52.1 Å². The highest BCUT2D eigenvalue weighted by molar-refractivity contribution is 5.79. The van der Waals surface area contributed by atoms with Gasteiger partial charge in [0.1, 0.15) is 6.10 Å². The van der Waals surface area contributed by atoms with E-state index in [-0.39, 0.29) is 12.0 Å². The third-order valence-electron chi connectivity index (χ3n) is 5.61. The fourth-order valence-corrected chi connectivity index (χ4v) is 3.97. The van der Waals surface area contributed by atoms with Crippen LogP contribution >= 0.6 is 0 Å². The normalized spacial score (nSPS) is 26.7. The van der Waals surface area contributed by atoms with E-state index in [9.17, 15) is 4.79 Å². The topological polar surface area (TPSA) is 64.6 Å². The Kier molecular flexibility index (Phi) is 5.76. The van der Waals surface area contributed by atoms with Crippen molar-refractivity contribution >= 4 is 5.91 Å². The minimum absolute atomic E-state index is 0.0163. The van der Waals surface area contributed by atoms with E-state index in [4.69, 9.17) is 9.47 Å². The smallest absolute Gasteiger partial charge is 0.235 e. The van der Waals surface area contributed by atoms with Gasteiger partial charge in [0.05, 0.1) is 26.0 Å². The first-order valence-electron chi connectivity index (χ1n) is 9.38. The number of amides is 1. The Labute approximate surface area is 149 Å². The van der Waals surface area contributed by atoms with Crippen LogP contribution < -0.4 is 9.47 Å². The quantitative estimate of drug-likeness (QED) is 0.819. The summed E-state index contributed by atoms with van der Waals surface area (Å²) in [5, 5.41) is 0. The van der Waals surface area contributed by atoms with Crippen LogP contribution in [0.25, 0.3) is 0 Å². The number of hydrogen-bond acceptors (Lipinski definition) is 5. The van der Waals surface area contributed by atoms with Gasteiger partial charge < -0.3 is 14.4 Å². The molecule has 2 fully saturated rings. The standard InChI is InChI=1S/C19H29N3O3/c1-13(2)14-4-6-15(7-5-14)19(23)22-9-8-16(12-22)25-18-11-20-10-17(21-18)24-3/h10-11,13-16H,4-9,12H2,1-3H3. The SMILES string of the molecule is COc1cncc(OC2CCN(C(=O)C3CCC(C(C)C)CC3)C2)n1. The molecule has 1 atom stereocenters. The monoisotopic (exact) mass is 347 g/mol. The molecule has 1 amide bonds. The van der Waals surface area contributed by atoms with Gasteiger partial charge in [-0.2, -0.15) is 4.98 Å². The highest BCUT2D eigenvalue weighted by Crippen LogP contribution is 2.34. The maximum Gasteiger partial charge on any atom is 0.235 e. The van der Waals surface area contributed by atoms with Crippen LogP contribution in [0.2, 0.25) is 0 Å². The van der Waals surface area contributed by atoms with Gasteiger partial charge in [0.25, 0.3) is 0 Å². The summed E-state index contributed by atoms with van der Waals surface area (Å²) in [6.07, 6.45) is 8.38. The summed E-state index contributed by atoms with van der Waals surface area (Å²) >= 11 is 0. The third-order valence-corrected chi connectivity index (χ3v) is 5.61. The Balaban J connectivity index is 1.50. The Hall–Kier alpha value is -1.85. The zero-order valence-electron chi connectivity index (χ0n) is 15.5. The molecule has 1 aromatic heterocycles. The molecule has 6 nitrogen and oxygen atoms in total. The van der Waals surface area contributed by atoms with Crippen molar-refractivity contribution in [1.82, 2.24) is 14.9 Å². The number of likely N-dealkylation sites (tertiary alicyclic amines) is 1. The number of carbonyl (C=O) groups excluding carboxylic acids is 1. The zero-order chi connectivity index (χ0) is 17.8. The van der Waals surface area contributed by atoms with Crippen molar-refractivity contribution in [3.05, 3.63) is 12.4 Å². The number of rotatable bonds is 5. The average Bonchev–Trinajstić information content (AvgIpc) is 3.09. The van der Waals surface area contributed by atoms with Gasteiger partial charge in [-0.3, -0.25) is 9.78 Å². The van der Waals surface area contributed by atoms with E-state index in [0.29, 0.717) is 24.2 Å². The minimum atomic E-state index is -0.0163. The molecule has 3 rings (SSSR count). The van der Waals surface area contributed by atoms with Gasteiger partial charge in [-0.15, -0.1) is 0 Å². The first-order valence-corrected chi connectivity index (χ1v) is 9.38. The molecule has 0 spiro atoms. The van der Waals surface area contributed by atoms with Crippen LogP contribution in [0.4, 0.5) is 0 Å². The summed E-state index contributed by atoms with van der Waals surface area (Å²) < 4.78 is 11.0. The van der Waals surface area contributed by atoms with Crippen molar-refractivity contribution in [3.63, 3.8) is 0 Å². The summed E-state index contributed by atoms with van der Waals surface area (Å²) in [6.45, 7) is 5.99. The number of ether oxygens (including phenoxy) is 2. The predicted molar refractivity (Wildman–Crippen MR) is 94.5 cm³/mol. The molecule has 2 heterocycles. The lowest BCUT2D eigenvalue weighted by atomic mass is 9.76. The van der Waals surface area contributed by atoms with E-state index >= 15 is 0 Å². The van der Waals surface area contributed by atoms with E-state index in [0.717, 1.165) is 37.6 Å². The fraction of sp³-hybridized carbons (Fsp3) is 0.737. The second-order valence-electron chi connectivity index (χ2n) is 7.57. The maximum atomic E-state index is 12.8. The molecule has 1 saturated heterocycles. The summed E-state index contributed by atoms with van der Waals surface area (Å²) in [4.78, 5) is 23.1. The third kappa shape index (κ3) is 4.41. The van der Waals surface area contributed by atoms with Crippen molar-refractivity contribution in [3.8, 4) is 11.8 Å². The predicted octanol–water partition coefficient (Wildman–Crippen LogP) is 2.93. The number of nitrogens with zero attached hydrogens (tertiary/aromatic N) is 3. The molecule has 1 unspecified atom stereocenters. The van der Waals surface area contributed by atoms with Crippen molar-refractivity contribution in [1.29, 1.82) is 0 Å². The molecular weight excluding hydrogens is 318 g/mol. The van der Waals surface area contributed by atoms with Crippen LogP contribution in [0.15, 0.2) is 12.4 Å². The van der Waals surface area contributed by atoms with Crippen molar-refractivity contribution in [2.24, 2.45) is 17.8 Å². The van der Waals surface area contributed by atoms with E-state index in [1.807, 2.05) is 4.90 Å². The molecule has 1 aliphatic heterocycles. The molecule has 0 N–H and O–H groups in total. The number of hydrogen-bond donors (Lipinski definition) is 0.